The molecule has 0 atom stereocenters. The molecule has 0 radical (unpaired) electrons. The van der Waals surface area contributed by atoms with E-state index in [-0.39, 0.29) is 0 Å². The smallest absolute Gasteiger partial charge is 0.143 e. The lowest BCUT2D eigenvalue weighted by atomic mass is 10.00. The van der Waals surface area contributed by atoms with Crippen molar-refractivity contribution in [2.24, 2.45) is 0 Å². The van der Waals surface area contributed by atoms with Gasteiger partial charge in [-0.3, -0.25) is 0 Å². The van der Waals surface area contributed by atoms with Crippen LogP contribution in [-0.4, -0.2) is 4.57 Å². The van der Waals surface area contributed by atoms with Gasteiger partial charge in [0.05, 0.1) is 27.8 Å². The Morgan fingerprint density at radius 2 is 1.06 bits per heavy atom. The first-order chi connectivity index (χ1) is 30.7. The Morgan fingerprint density at radius 1 is 0.403 bits per heavy atom. The Kier molecular flexibility index (Phi) is 7.78. The average Bonchev–Trinajstić information content (AvgIpc) is 4.02. The number of fused-ring (bicyclic) bond motifs is 11. The summed E-state index contributed by atoms with van der Waals surface area (Å²) in [6.07, 6.45) is 0. The molecule has 62 heavy (non-hydrogen) atoms. The lowest BCUT2D eigenvalue weighted by Gasteiger charge is -2.27. The summed E-state index contributed by atoms with van der Waals surface area (Å²) in [4.78, 5) is 2.40. The first-order valence-electron chi connectivity index (χ1n) is 21.1. The average molecular weight is 809 g/mol. The molecule has 3 heterocycles. The van der Waals surface area contributed by atoms with Crippen LogP contribution in [0.3, 0.4) is 0 Å². The van der Waals surface area contributed by atoms with E-state index in [9.17, 15) is 0 Å². The van der Waals surface area contributed by atoms with Crippen molar-refractivity contribution in [3.05, 3.63) is 218 Å². The third-order valence-electron chi connectivity index (χ3n) is 12.6. The van der Waals surface area contributed by atoms with Crippen molar-refractivity contribution in [2.45, 2.75) is 0 Å². The van der Waals surface area contributed by atoms with Crippen LogP contribution < -0.4 is 4.90 Å². The number of hydrogen-bond acceptors (Lipinski definition) is 3. The van der Waals surface area contributed by atoms with Gasteiger partial charge in [0.1, 0.15) is 11.2 Å². The fraction of sp³-hybridized carbons (Fsp3) is 0. The van der Waals surface area contributed by atoms with Crippen LogP contribution in [0.15, 0.2) is 223 Å². The van der Waals surface area contributed by atoms with E-state index in [0.717, 1.165) is 66.6 Å². The summed E-state index contributed by atoms with van der Waals surface area (Å²) >= 11 is 1.85. The Balaban J connectivity index is 0.994. The second-order valence-electron chi connectivity index (χ2n) is 16.0. The van der Waals surface area contributed by atoms with Gasteiger partial charge in [0.15, 0.2) is 0 Å². The number of aromatic nitrogens is 1. The molecule has 0 saturated heterocycles. The van der Waals surface area contributed by atoms with Crippen LogP contribution in [0.5, 0.6) is 0 Å². The van der Waals surface area contributed by atoms with Crippen molar-refractivity contribution < 1.29 is 4.42 Å². The molecule has 290 valence electrons. The maximum atomic E-state index is 6.75. The van der Waals surface area contributed by atoms with Crippen molar-refractivity contribution in [1.29, 1.82) is 0 Å². The van der Waals surface area contributed by atoms with E-state index in [1.165, 1.54) is 53.1 Å². The van der Waals surface area contributed by atoms with Gasteiger partial charge in [0.2, 0.25) is 0 Å². The van der Waals surface area contributed by atoms with Crippen LogP contribution >= 0.6 is 11.3 Å². The Hall–Kier alpha value is -7.92. The van der Waals surface area contributed by atoms with E-state index in [1.807, 2.05) is 11.3 Å². The SMILES string of the molecule is c1cc(-c2ccc3sc4ccccc4c3c2)cc(N(c2ccc(-c3ccccc3-n3c4ccccc4c4ccccc43)cc2)c2cccc3oc4c5ccccc5ccc4c23)c1. The summed E-state index contributed by atoms with van der Waals surface area (Å²) < 4.78 is 11.8. The second kappa shape index (κ2) is 13.8. The van der Waals surface area contributed by atoms with E-state index >= 15 is 0 Å². The van der Waals surface area contributed by atoms with Gasteiger partial charge in [-0.25, -0.2) is 0 Å². The van der Waals surface area contributed by atoms with Gasteiger partial charge in [0.25, 0.3) is 0 Å². The Morgan fingerprint density at radius 3 is 1.90 bits per heavy atom. The van der Waals surface area contributed by atoms with E-state index < -0.39 is 0 Å². The molecule has 4 heteroatoms. The predicted octanol–water partition coefficient (Wildman–Crippen LogP) is 17.0. The molecular formula is C58H36N2OS. The van der Waals surface area contributed by atoms with Crippen molar-refractivity contribution in [1.82, 2.24) is 4.57 Å². The number of para-hydroxylation sites is 3. The van der Waals surface area contributed by atoms with Crippen molar-refractivity contribution in [2.75, 3.05) is 4.90 Å². The fourth-order valence-corrected chi connectivity index (χ4v) is 10.9. The van der Waals surface area contributed by atoms with E-state index in [2.05, 4.69) is 228 Å². The van der Waals surface area contributed by atoms with Gasteiger partial charge in [-0.1, -0.05) is 140 Å². The predicted molar refractivity (Wildman–Crippen MR) is 264 cm³/mol. The summed E-state index contributed by atoms with van der Waals surface area (Å²) in [5.74, 6) is 0. The molecule has 13 rings (SSSR count). The molecule has 0 aliphatic rings. The highest BCUT2D eigenvalue weighted by molar-refractivity contribution is 7.25. The van der Waals surface area contributed by atoms with E-state index in [4.69, 9.17) is 4.42 Å². The van der Waals surface area contributed by atoms with Gasteiger partial charge in [-0.05, 0) is 101 Å². The molecule has 0 N–H and O–H groups in total. The molecule has 0 fully saturated rings. The molecular weight excluding hydrogens is 773 g/mol. The summed E-state index contributed by atoms with van der Waals surface area (Å²) in [5.41, 5.74) is 13.2. The largest absolute Gasteiger partial charge is 0.455 e. The number of benzene rings is 10. The number of thiophene rings is 1. The zero-order valence-corrected chi connectivity index (χ0v) is 34.3. The molecule has 13 aromatic rings. The van der Waals surface area contributed by atoms with Crippen LogP contribution in [0.4, 0.5) is 17.1 Å². The summed E-state index contributed by atoms with van der Waals surface area (Å²) in [7, 11) is 0. The molecule has 0 aliphatic heterocycles. The van der Waals surface area contributed by atoms with Crippen LogP contribution in [0.25, 0.3) is 103 Å². The van der Waals surface area contributed by atoms with Gasteiger partial charge in [-0.2, -0.15) is 0 Å². The molecule has 0 saturated carbocycles. The summed E-state index contributed by atoms with van der Waals surface area (Å²) in [6.45, 7) is 0. The molecule has 0 amide bonds. The number of anilines is 3. The second-order valence-corrected chi connectivity index (χ2v) is 17.1. The van der Waals surface area contributed by atoms with Crippen molar-refractivity contribution in [3.63, 3.8) is 0 Å². The third-order valence-corrected chi connectivity index (χ3v) is 13.7. The van der Waals surface area contributed by atoms with Crippen LogP contribution in [0, 0.1) is 0 Å². The molecule has 0 spiro atoms. The fourth-order valence-electron chi connectivity index (χ4n) is 9.76. The first-order valence-corrected chi connectivity index (χ1v) is 21.9. The van der Waals surface area contributed by atoms with Gasteiger partial charge in [0, 0.05) is 58.7 Å². The zero-order valence-electron chi connectivity index (χ0n) is 33.5. The highest BCUT2D eigenvalue weighted by Gasteiger charge is 2.22. The Labute approximate surface area is 361 Å². The molecule has 3 aromatic heterocycles. The maximum absolute atomic E-state index is 6.75. The van der Waals surface area contributed by atoms with Crippen molar-refractivity contribution in [3.8, 4) is 27.9 Å². The van der Waals surface area contributed by atoms with Gasteiger partial charge in [-0.15, -0.1) is 11.3 Å². The van der Waals surface area contributed by atoms with E-state index in [0.29, 0.717) is 0 Å². The molecule has 3 nitrogen and oxygen atoms in total. The number of furan rings is 1. The maximum Gasteiger partial charge on any atom is 0.143 e. The Bertz CT molecular complexity index is 3830. The lowest BCUT2D eigenvalue weighted by molar-refractivity contribution is 0.672. The highest BCUT2D eigenvalue weighted by atomic mass is 32.1. The highest BCUT2D eigenvalue weighted by Crippen LogP contribution is 2.46. The summed E-state index contributed by atoms with van der Waals surface area (Å²) in [6, 6.07) is 79.2. The quantitative estimate of drug-likeness (QED) is 0.167. The standard InChI is InChI=1S/C58H36N2OS/c1-2-17-44-37(13-1)29-33-48-57-53(24-12-25-54(57)61-58(44)48)59(42-15-11-14-39(35-42)40-30-34-56-49(36-40)47-20-6-10-26-55(47)62-56)41-31-27-38(28-32-41)43-16-3-7-21-50(43)60-51-22-8-4-18-45(51)46-19-5-9-23-52(46)60/h1-36H. The molecule has 0 unspecified atom stereocenters. The third kappa shape index (κ3) is 5.37. The molecule has 10 aromatic carbocycles. The van der Waals surface area contributed by atoms with Crippen LogP contribution in [0.1, 0.15) is 0 Å². The minimum absolute atomic E-state index is 0.863. The number of hydrogen-bond donors (Lipinski definition) is 0. The minimum Gasteiger partial charge on any atom is -0.455 e. The normalized spacial score (nSPS) is 11.9. The van der Waals surface area contributed by atoms with E-state index in [1.54, 1.807) is 0 Å². The number of nitrogens with zero attached hydrogens (tertiary/aromatic N) is 2. The molecule has 0 aliphatic carbocycles. The lowest BCUT2D eigenvalue weighted by Crippen LogP contribution is -2.10. The topological polar surface area (TPSA) is 21.3 Å². The van der Waals surface area contributed by atoms with Gasteiger partial charge < -0.3 is 13.9 Å². The molecule has 0 bridgehead atoms. The van der Waals surface area contributed by atoms with Crippen LogP contribution in [-0.2, 0) is 0 Å². The zero-order chi connectivity index (χ0) is 40.7. The number of rotatable bonds is 6. The summed E-state index contributed by atoms with van der Waals surface area (Å²) in [5, 5.41) is 9.57. The van der Waals surface area contributed by atoms with Gasteiger partial charge >= 0.3 is 0 Å². The van der Waals surface area contributed by atoms with Crippen LogP contribution in [0.2, 0.25) is 0 Å². The van der Waals surface area contributed by atoms with Crippen molar-refractivity contribution >= 4 is 103 Å². The minimum atomic E-state index is 0.863. The first kappa shape index (κ1) is 34.9. The monoisotopic (exact) mass is 808 g/mol.